The molecule has 2 aromatic rings. The molecular weight excluding hydrogens is 290 g/mol. The van der Waals surface area contributed by atoms with Crippen molar-refractivity contribution in [1.82, 2.24) is 19.9 Å². The highest BCUT2D eigenvalue weighted by Gasteiger charge is 2.39. The molecule has 2 aliphatic heterocycles. The highest BCUT2D eigenvalue weighted by Crippen LogP contribution is 2.33. The summed E-state index contributed by atoms with van der Waals surface area (Å²) in [6.45, 7) is 8.46. The molecule has 0 atom stereocenters. The van der Waals surface area contributed by atoms with Gasteiger partial charge in [0.25, 0.3) is 0 Å². The number of H-pyrrole nitrogens is 1. The quantitative estimate of drug-likeness (QED) is 0.939. The van der Waals surface area contributed by atoms with Gasteiger partial charge in [-0.15, -0.1) is 0 Å². The molecule has 4 rings (SSSR count). The van der Waals surface area contributed by atoms with Gasteiger partial charge in [0, 0.05) is 32.4 Å². The maximum absolute atomic E-state index is 6.23. The number of aromatic amines is 1. The number of ether oxygens (including phenoxy) is 1. The van der Waals surface area contributed by atoms with E-state index in [-0.39, 0.29) is 5.60 Å². The Balaban J connectivity index is 1.47. The van der Waals surface area contributed by atoms with Gasteiger partial charge < -0.3 is 14.6 Å². The molecular formula is C17H25N5O. The van der Waals surface area contributed by atoms with E-state index >= 15 is 0 Å². The summed E-state index contributed by atoms with van der Waals surface area (Å²) in [7, 11) is 0. The summed E-state index contributed by atoms with van der Waals surface area (Å²) >= 11 is 0. The van der Waals surface area contributed by atoms with Crippen molar-refractivity contribution in [2.24, 2.45) is 0 Å². The number of hydrogen-bond donors (Lipinski definition) is 1. The molecule has 2 saturated heterocycles. The Morgan fingerprint density at radius 3 is 2.96 bits per heavy atom. The second-order valence-corrected chi connectivity index (χ2v) is 6.73. The molecule has 1 spiro atoms. The van der Waals surface area contributed by atoms with E-state index in [1.165, 1.54) is 13.0 Å². The summed E-state index contributed by atoms with van der Waals surface area (Å²) < 4.78 is 6.23. The zero-order valence-electron chi connectivity index (χ0n) is 13.8. The van der Waals surface area contributed by atoms with Crippen LogP contribution in [0.15, 0.2) is 18.6 Å². The van der Waals surface area contributed by atoms with Crippen molar-refractivity contribution in [2.75, 3.05) is 44.2 Å². The first-order valence-electron chi connectivity index (χ1n) is 8.69. The summed E-state index contributed by atoms with van der Waals surface area (Å²) in [6, 6.07) is 2.06. The Hall–Kier alpha value is -1.66. The van der Waals surface area contributed by atoms with Gasteiger partial charge in [0.2, 0.25) is 0 Å². The number of morpholine rings is 1. The van der Waals surface area contributed by atoms with E-state index in [1.807, 2.05) is 6.20 Å². The summed E-state index contributed by atoms with van der Waals surface area (Å²) in [6.07, 6.45) is 6.95. The van der Waals surface area contributed by atoms with Crippen LogP contribution in [0.3, 0.4) is 0 Å². The van der Waals surface area contributed by atoms with E-state index in [4.69, 9.17) is 4.74 Å². The predicted molar refractivity (Wildman–Crippen MR) is 90.7 cm³/mol. The molecule has 0 aliphatic carbocycles. The van der Waals surface area contributed by atoms with Crippen LogP contribution >= 0.6 is 0 Å². The molecule has 6 heteroatoms. The van der Waals surface area contributed by atoms with Crippen LogP contribution in [0.1, 0.15) is 26.2 Å². The fourth-order valence-electron chi connectivity index (χ4n) is 3.97. The molecule has 0 saturated carbocycles. The minimum absolute atomic E-state index is 0.0498. The van der Waals surface area contributed by atoms with Crippen molar-refractivity contribution in [3.63, 3.8) is 0 Å². The Bertz CT molecular complexity index is 660. The number of anilines is 1. The highest BCUT2D eigenvalue weighted by atomic mass is 16.5. The zero-order chi connectivity index (χ0) is 15.7. The fourth-order valence-corrected chi connectivity index (χ4v) is 3.97. The molecule has 124 valence electrons. The minimum Gasteiger partial charge on any atom is -0.372 e. The van der Waals surface area contributed by atoms with Crippen LogP contribution in [0.5, 0.6) is 0 Å². The molecule has 2 fully saturated rings. The topological polar surface area (TPSA) is 57.3 Å². The number of fused-ring (bicyclic) bond motifs is 1. The lowest BCUT2D eigenvalue weighted by atomic mass is 9.89. The summed E-state index contributed by atoms with van der Waals surface area (Å²) in [4.78, 5) is 16.9. The van der Waals surface area contributed by atoms with Crippen LogP contribution in [0, 0.1) is 0 Å². The third-order valence-corrected chi connectivity index (χ3v) is 5.17. The first-order valence-corrected chi connectivity index (χ1v) is 8.69. The number of hydrogen-bond acceptors (Lipinski definition) is 5. The van der Waals surface area contributed by atoms with Crippen LogP contribution in [0.25, 0.3) is 11.0 Å². The lowest BCUT2D eigenvalue weighted by Crippen LogP contribution is -2.57. The smallest absolute Gasteiger partial charge is 0.142 e. The fraction of sp³-hybridized carbons (Fsp3) is 0.647. The third kappa shape index (κ3) is 2.81. The van der Waals surface area contributed by atoms with Gasteiger partial charge in [-0.2, -0.15) is 0 Å². The first kappa shape index (κ1) is 14.9. The number of aromatic nitrogens is 3. The maximum atomic E-state index is 6.23. The van der Waals surface area contributed by atoms with Gasteiger partial charge in [-0.1, -0.05) is 6.92 Å². The molecule has 0 unspecified atom stereocenters. The van der Waals surface area contributed by atoms with Crippen LogP contribution in [0.2, 0.25) is 0 Å². The number of nitrogens with one attached hydrogen (secondary N) is 1. The van der Waals surface area contributed by atoms with Gasteiger partial charge in [-0.25, -0.2) is 9.97 Å². The number of nitrogens with zero attached hydrogens (tertiary/aromatic N) is 4. The lowest BCUT2D eigenvalue weighted by Gasteiger charge is -2.47. The average Bonchev–Trinajstić information content (AvgIpc) is 3.05. The molecule has 1 N–H and O–H groups in total. The van der Waals surface area contributed by atoms with Crippen molar-refractivity contribution < 1.29 is 4.74 Å². The Labute approximate surface area is 136 Å². The van der Waals surface area contributed by atoms with Gasteiger partial charge >= 0.3 is 0 Å². The summed E-state index contributed by atoms with van der Waals surface area (Å²) in [5, 5.41) is 1.11. The predicted octanol–water partition coefficient (Wildman–Crippen LogP) is 2.04. The molecule has 2 aromatic heterocycles. The van der Waals surface area contributed by atoms with Crippen molar-refractivity contribution in [3.8, 4) is 0 Å². The number of rotatable bonds is 3. The average molecular weight is 315 g/mol. The molecule has 4 heterocycles. The molecule has 23 heavy (non-hydrogen) atoms. The van der Waals surface area contributed by atoms with E-state index in [9.17, 15) is 0 Å². The molecule has 0 aromatic carbocycles. The van der Waals surface area contributed by atoms with Crippen molar-refractivity contribution in [3.05, 3.63) is 18.6 Å². The van der Waals surface area contributed by atoms with Gasteiger partial charge in [0.05, 0.1) is 17.6 Å². The third-order valence-electron chi connectivity index (χ3n) is 5.17. The van der Waals surface area contributed by atoms with Gasteiger partial charge in [-0.3, -0.25) is 4.90 Å². The summed E-state index contributed by atoms with van der Waals surface area (Å²) in [5.41, 5.74) is 0.965. The molecule has 2 aliphatic rings. The largest absolute Gasteiger partial charge is 0.372 e. The standard InChI is InChI=1S/C17H25N5O/c1-2-7-21-10-11-23-17(12-21)4-8-22(9-5-17)16-14-3-6-18-15(14)19-13-20-16/h3,6,13H,2,4-5,7-12H2,1H3,(H,18,19,20). The minimum atomic E-state index is 0.0498. The maximum Gasteiger partial charge on any atom is 0.142 e. The van der Waals surface area contributed by atoms with Crippen LogP contribution in [-0.2, 0) is 4.74 Å². The molecule has 0 amide bonds. The van der Waals surface area contributed by atoms with E-state index in [2.05, 4.69) is 37.7 Å². The van der Waals surface area contributed by atoms with Gasteiger partial charge in [-0.05, 0) is 31.9 Å². The Morgan fingerprint density at radius 2 is 2.13 bits per heavy atom. The van der Waals surface area contributed by atoms with Crippen LogP contribution in [0.4, 0.5) is 5.82 Å². The second kappa shape index (κ2) is 6.09. The zero-order valence-corrected chi connectivity index (χ0v) is 13.8. The SMILES string of the molecule is CCCN1CCOC2(CCN(c3ncnc4[nH]ccc34)CC2)C1. The Kier molecular flexibility index (Phi) is 3.95. The van der Waals surface area contributed by atoms with E-state index < -0.39 is 0 Å². The second-order valence-electron chi connectivity index (χ2n) is 6.73. The van der Waals surface area contributed by atoms with Crippen LogP contribution in [-0.4, -0.2) is 64.8 Å². The van der Waals surface area contributed by atoms with Gasteiger partial charge in [0.1, 0.15) is 17.8 Å². The molecule has 6 nitrogen and oxygen atoms in total. The monoisotopic (exact) mass is 315 g/mol. The molecule has 0 radical (unpaired) electrons. The first-order chi connectivity index (χ1) is 11.3. The van der Waals surface area contributed by atoms with E-state index in [0.717, 1.165) is 62.5 Å². The van der Waals surface area contributed by atoms with Gasteiger partial charge in [0.15, 0.2) is 0 Å². The normalized spacial score (nSPS) is 22.0. The van der Waals surface area contributed by atoms with Crippen molar-refractivity contribution >= 4 is 16.9 Å². The summed E-state index contributed by atoms with van der Waals surface area (Å²) in [5.74, 6) is 1.05. The van der Waals surface area contributed by atoms with E-state index in [1.54, 1.807) is 6.33 Å². The Morgan fingerprint density at radius 1 is 1.26 bits per heavy atom. The van der Waals surface area contributed by atoms with E-state index in [0.29, 0.717) is 0 Å². The van der Waals surface area contributed by atoms with Crippen LogP contribution < -0.4 is 4.90 Å². The van der Waals surface area contributed by atoms with Crippen molar-refractivity contribution in [1.29, 1.82) is 0 Å². The highest BCUT2D eigenvalue weighted by molar-refractivity contribution is 5.87. The number of piperidine rings is 1. The van der Waals surface area contributed by atoms with Crippen molar-refractivity contribution in [2.45, 2.75) is 31.8 Å². The molecule has 0 bridgehead atoms. The lowest BCUT2D eigenvalue weighted by molar-refractivity contribution is -0.120.